The molecule has 0 saturated carbocycles. The number of nitrogens with zero attached hydrogens (tertiary/aromatic N) is 2. The van der Waals surface area contributed by atoms with Crippen molar-refractivity contribution in [3.8, 4) is 5.69 Å². The van der Waals surface area contributed by atoms with E-state index in [1.165, 1.54) is 19.2 Å². The van der Waals surface area contributed by atoms with Crippen LogP contribution in [-0.2, 0) is 4.74 Å². The summed E-state index contributed by atoms with van der Waals surface area (Å²) in [4.78, 5) is 39.3. The Balaban J connectivity index is 2.06. The summed E-state index contributed by atoms with van der Waals surface area (Å²) in [7, 11) is 1.31. The van der Waals surface area contributed by atoms with Crippen molar-refractivity contribution in [1.29, 1.82) is 0 Å². The highest BCUT2D eigenvalue weighted by Gasteiger charge is 2.16. The number of aromatic nitrogens is 1. The molecule has 0 spiro atoms. The van der Waals surface area contributed by atoms with Crippen LogP contribution in [0.25, 0.3) is 5.69 Å². The number of ether oxygens (including phenoxy) is 1. The summed E-state index contributed by atoms with van der Waals surface area (Å²) in [5.74, 6) is -2.87. The molecule has 3 rings (SSSR count). The number of methoxy groups -OCH3 is 1. The third kappa shape index (κ3) is 4.44. The molecule has 2 aromatic carbocycles. The van der Waals surface area contributed by atoms with Crippen LogP contribution in [0.3, 0.4) is 0 Å². The van der Waals surface area contributed by atoms with Gasteiger partial charge in [-0.15, -0.1) is 0 Å². The molecule has 0 atom stereocenters. The fourth-order valence-corrected chi connectivity index (χ4v) is 3.44. The fraction of sp³-hybridized carbons (Fsp3) is 0.167. The zero-order chi connectivity index (χ0) is 23.6. The van der Waals surface area contributed by atoms with Crippen LogP contribution >= 0.6 is 0 Å². The predicted molar refractivity (Wildman–Crippen MR) is 119 cm³/mol. The van der Waals surface area contributed by atoms with Crippen LogP contribution in [0.15, 0.2) is 47.5 Å². The lowest BCUT2D eigenvalue weighted by molar-refractivity contribution is 0.0599. The van der Waals surface area contributed by atoms with Gasteiger partial charge in [0.25, 0.3) is 0 Å². The third-order valence-electron chi connectivity index (χ3n) is 5.11. The van der Waals surface area contributed by atoms with Crippen molar-refractivity contribution in [2.75, 3.05) is 7.11 Å². The van der Waals surface area contributed by atoms with Gasteiger partial charge in [-0.3, -0.25) is 4.99 Å². The van der Waals surface area contributed by atoms with E-state index in [-0.39, 0.29) is 11.1 Å². The lowest BCUT2D eigenvalue weighted by atomic mass is 10.1. The number of carboxylic acids is 2. The highest BCUT2D eigenvalue weighted by molar-refractivity contribution is 5.95. The number of esters is 1. The van der Waals surface area contributed by atoms with E-state index in [1.54, 1.807) is 29.0 Å². The molecule has 0 radical (unpaired) electrons. The summed E-state index contributed by atoms with van der Waals surface area (Å²) in [6.45, 7) is 5.54. The summed E-state index contributed by atoms with van der Waals surface area (Å²) in [5, 5.41) is 18.7. The molecule has 164 valence electrons. The molecule has 0 bridgehead atoms. The Morgan fingerprint density at radius 2 is 1.53 bits per heavy atom. The van der Waals surface area contributed by atoms with E-state index in [0.717, 1.165) is 28.6 Å². The maximum Gasteiger partial charge on any atom is 0.337 e. The van der Waals surface area contributed by atoms with Crippen molar-refractivity contribution >= 4 is 29.8 Å². The minimum Gasteiger partial charge on any atom is -0.478 e. The van der Waals surface area contributed by atoms with Crippen molar-refractivity contribution in [1.82, 2.24) is 4.57 Å². The SMILES string of the molecule is COC(=O)c1ccc(C)c(N=Cc2cc(C)n(-c3cc(C(=O)O)cc(C(=O)O)c3)c2C)c1. The van der Waals surface area contributed by atoms with E-state index >= 15 is 0 Å². The fourth-order valence-electron chi connectivity index (χ4n) is 3.44. The summed E-state index contributed by atoms with van der Waals surface area (Å²) >= 11 is 0. The molecule has 1 aromatic heterocycles. The maximum absolute atomic E-state index is 11.8. The van der Waals surface area contributed by atoms with Gasteiger partial charge in [0, 0.05) is 28.9 Å². The standard InChI is InChI=1S/C24H22N2O6/c1-13-5-6-16(24(31)32-4)11-21(13)25-12-19-7-14(2)26(15(19)3)20-9-17(22(27)28)8-18(10-20)23(29)30/h5-12H,1-4H3,(H,27,28)(H,29,30). The van der Waals surface area contributed by atoms with Crippen molar-refractivity contribution < 1.29 is 29.3 Å². The normalized spacial score (nSPS) is 11.0. The first-order valence-corrected chi connectivity index (χ1v) is 9.66. The minimum absolute atomic E-state index is 0.113. The molecule has 8 nitrogen and oxygen atoms in total. The number of aliphatic imine (C=N–C) groups is 1. The van der Waals surface area contributed by atoms with E-state index in [9.17, 15) is 24.6 Å². The van der Waals surface area contributed by atoms with Gasteiger partial charge in [-0.1, -0.05) is 6.07 Å². The van der Waals surface area contributed by atoms with Gasteiger partial charge >= 0.3 is 17.9 Å². The molecule has 0 aliphatic carbocycles. The number of hydrogen-bond acceptors (Lipinski definition) is 5. The number of carbonyl (C=O) groups excluding carboxylic acids is 1. The highest BCUT2D eigenvalue weighted by atomic mass is 16.5. The van der Waals surface area contributed by atoms with Crippen molar-refractivity contribution in [3.63, 3.8) is 0 Å². The Labute approximate surface area is 184 Å². The first-order chi connectivity index (χ1) is 15.1. The smallest absolute Gasteiger partial charge is 0.337 e. The van der Waals surface area contributed by atoms with Gasteiger partial charge in [0.05, 0.1) is 29.5 Å². The van der Waals surface area contributed by atoms with Crippen LogP contribution in [0.5, 0.6) is 0 Å². The second-order valence-corrected chi connectivity index (χ2v) is 7.29. The van der Waals surface area contributed by atoms with Crippen molar-refractivity contribution in [3.05, 3.63) is 81.7 Å². The second kappa shape index (κ2) is 8.89. The summed E-state index contributed by atoms with van der Waals surface area (Å²) < 4.78 is 6.53. The van der Waals surface area contributed by atoms with Crippen molar-refractivity contribution in [2.24, 2.45) is 4.99 Å². The zero-order valence-corrected chi connectivity index (χ0v) is 18.0. The number of hydrogen-bond donors (Lipinski definition) is 2. The molecule has 3 aromatic rings. The van der Waals surface area contributed by atoms with Gasteiger partial charge in [-0.05, 0) is 62.7 Å². The zero-order valence-electron chi connectivity index (χ0n) is 18.0. The lowest BCUT2D eigenvalue weighted by Gasteiger charge is -2.12. The first kappa shape index (κ1) is 22.5. The molecule has 0 fully saturated rings. The molecule has 0 aliphatic heterocycles. The number of rotatable bonds is 6. The predicted octanol–water partition coefficient (Wildman–Crippen LogP) is 4.34. The minimum atomic E-state index is -1.21. The van der Waals surface area contributed by atoms with E-state index < -0.39 is 17.9 Å². The van der Waals surface area contributed by atoms with Gasteiger partial charge in [0.2, 0.25) is 0 Å². The highest BCUT2D eigenvalue weighted by Crippen LogP contribution is 2.25. The Morgan fingerprint density at radius 1 is 0.906 bits per heavy atom. The van der Waals surface area contributed by atoms with Gasteiger partial charge in [0.15, 0.2) is 0 Å². The van der Waals surface area contributed by atoms with E-state index in [1.807, 2.05) is 26.8 Å². The Kier molecular flexibility index (Phi) is 6.25. The van der Waals surface area contributed by atoms with Crippen LogP contribution < -0.4 is 0 Å². The Hall–Kier alpha value is -4.20. The molecule has 8 heteroatoms. The quantitative estimate of drug-likeness (QED) is 0.440. The molecular weight excluding hydrogens is 412 g/mol. The Bertz CT molecular complexity index is 1240. The number of aryl methyl sites for hydroxylation is 2. The molecule has 2 N–H and O–H groups in total. The van der Waals surface area contributed by atoms with Gasteiger partial charge < -0.3 is 19.5 Å². The summed E-state index contributed by atoms with van der Waals surface area (Å²) in [6.07, 6.45) is 1.65. The van der Waals surface area contributed by atoms with Crippen LogP contribution in [0.1, 0.15) is 53.6 Å². The molecular formula is C24H22N2O6. The molecule has 0 amide bonds. The Morgan fingerprint density at radius 3 is 2.09 bits per heavy atom. The number of carboxylic acid groups (broad SMARTS) is 2. The van der Waals surface area contributed by atoms with Crippen LogP contribution in [0.4, 0.5) is 5.69 Å². The average molecular weight is 434 g/mol. The summed E-state index contributed by atoms with van der Waals surface area (Å²) in [6, 6.07) is 11.0. The summed E-state index contributed by atoms with van der Waals surface area (Å²) in [5.41, 5.74) is 4.39. The van der Waals surface area contributed by atoms with E-state index in [2.05, 4.69) is 4.99 Å². The lowest BCUT2D eigenvalue weighted by Crippen LogP contribution is -2.07. The number of carbonyl (C=O) groups is 3. The first-order valence-electron chi connectivity index (χ1n) is 9.66. The molecule has 1 heterocycles. The van der Waals surface area contributed by atoms with Gasteiger partial charge in [0.1, 0.15) is 0 Å². The average Bonchev–Trinajstić information content (AvgIpc) is 3.05. The van der Waals surface area contributed by atoms with Gasteiger partial charge in [-0.2, -0.15) is 0 Å². The van der Waals surface area contributed by atoms with Gasteiger partial charge in [-0.25, -0.2) is 14.4 Å². The molecule has 0 unspecified atom stereocenters. The third-order valence-corrected chi connectivity index (χ3v) is 5.11. The molecule has 0 saturated heterocycles. The number of benzene rings is 2. The van der Waals surface area contributed by atoms with Crippen molar-refractivity contribution in [2.45, 2.75) is 20.8 Å². The van der Waals surface area contributed by atoms with Crippen LogP contribution in [0.2, 0.25) is 0 Å². The maximum atomic E-state index is 11.8. The second-order valence-electron chi connectivity index (χ2n) is 7.29. The largest absolute Gasteiger partial charge is 0.478 e. The monoisotopic (exact) mass is 434 g/mol. The van der Waals surface area contributed by atoms with Crippen LogP contribution in [0, 0.1) is 20.8 Å². The van der Waals surface area contributed by atoms with E-state index in [4.69, 9.17) is 4.74 Å². The molecule has 0 aliphatic rings. The topological polar surface area (TPSA) is 118 Å². The van der Waals surface area contributed by atoms with E-state index in [0.29, 0.717) is 16.9 Å². The number of aromatic carboxylic acids is 2. The molecule has 32 heavy (non-hydrogen) atoms. The van der Waals surface area contributed by atoms with Crippen LogP contribution in [-0.4, -0.2) is 46.0 Å².